The van der Waals surface area contributed by atoms with Gasteiger partial charge in [0, 0.05) is 5.69 Å². The molecule has 0 saturated carbocycles. The number of benzene rings is 1. The minimum atomic E-state index is -4.42. The molecular formula is C14H13F3N2O2. The lowest BCUT2D eigenvalue weighted by atomic mass is 10.1. The average molecular weight is 298 g/mol. The largest absolute Gasteiger partial charge is 0.457 e. The van der Waals surface area contributed by atoms with Crippen molar-refractivity contribution < 1.29 is 22.7 Å². The van der Waals surface area contributed by atoms with Crippen LogP contribution in [0.1, 0.15) is 34.1 Å². The third kappa shape index (κ3) is 3.62. The zero-order valence-electron chi connectivity index (χ0n) is 11.2. The zero-order valence-corrected chi connectivity index (χ0v) is 11.2. The molecule has 21 heavy (non-hydrogen) atoms. The van der Waals surface area contributed by atoms with Crippen molar-refractivity contribution >= 4 is 5.97 Å². The molecule has 0 aliphatic carbocycles. The van der Waals surface area contributed by atoms with Gasteiger partial charge in [-0.3, -0.25) is 5.10 Å². The van der Waals surface area contributed by atoms with Crippen molar-refractivity contribution in [3.05, 3.63) is 52.8 Å². The van der Waals surface area contributed by atoms with E-state index in [1.165, 1.54) is 18.3 Å². The molecule has 1 heterocycles. The standard InChI is InChI=1S/C14H13F3N2O2/c1-2-12-11(7-18-19-12)13(20)21-8-9-4-3-5-10(6-9)14(15,16)17/h3-7H,2,8H2,1H3,(H,18,19). The number of esters is 1. The molecule has 112 valence electrons. The first kappa shape index (κ1) is 15.1. The van der Waals surface area contributed by atoms with Crippen molar-refractivity contribution in [1.82, 2.24) is 10.2 Å². The van der Waals surface area contributed by atoms with E-state index in [1.807, 2.05) is 6.92 Å². The summed E-state index contributed by atoms with van der Waals surface area (Å²) in [5.41, 5.74) is 0.432. The van der Waals surface area contributed by atoms with Crippen LogP contribution in [-0.2, 0) is 23.9 Å². The molecule has 0 unspecified atom stereocenters. The molecule has 0 spiro atoms. The number of aromatic amines is 1. The van der Waals surface area contributed by atoms with Crippen LogP contribution in [0.2, 0.25) is 0 Å². The molecule has 0 aliphatic rings. The van der Waals surface area contributed by atoms with Gasteiger partial charge in [0.05, 0.1) is 11.8 Å². The van der Waals surface area contributed by atoms with Crippen LogP contribution in [0.4, 0.5) is 13.2 Å². The number of hydrogen-bond acceptors (Lipinski definition) is 3. The van der Waals surface area contributed by atoms with Gasteiger partial charge >= 0.3 is 12.1 Å². The quantitative estimate of drug-likeness (QED) is 0.881. The Bertz CT molecular complexity index is 635. The molecular weight excluding hydrogens is 285 g/mol. The minimum Gasteiger partial charge on any atom is -0.457 e. The highest BCUT2D eigenvalue weighted by molar-refractivity contribution is 5.90. The first-order valence-electron chi connectivity index (χ1n) is 6.27. The maximum Gasteiger partial charge on any atom is 0.416 e. The number of carbonyl (C=O) groups is 1. The van der Waals surface area contributed by atoms with Gasteiger partial charge in [-0.1, -0.05) is 19.1 Å². The number of nitrogens with zero attached hydrogens (tertiary/aromatic N) is 1. The predicted molar refractivity (Wildman–Crippen MR) is 68.5 cm³/mol. The number of aryl methyl sites for hydroxylation is 1. The molecule has 2 aromatic rings. The van der Waals surface area contributed by atoms with Crippen LogP contribution < -0.4 is 0 Å². The zero-order chi connectivity index (χ0) is 15.5. The van der Waals surface area contributed by atoms with Crippen molar-refractivity contribution in [2.75, 3.05) is 0 Å². The fourth-order valence-corrected chi connectivity index (χ4v) is 1.82. The van der Waals surface area contributed by atoms with Crippen LogP contribution in [0.25, 0.3) is 0 Å². The molecule has 2 rings (SSSR count). The van der Waals surface area contributed by atoms with Gasteiger partial charge in [-0.15, -0.1) is 0 Å². The Morgan fingerprint density at radius 1 is 1.38 bits per heavy atom. The molecule has 0 fully saturated rings. The lowest BCUT2D eigenvalue weighted by Crippen LogP contribution is -2.08. The third-order valence-electron chi connectivity index (χ3n) is 2.92. The summed E-state index contributed by atoms with van der Waals surface area (Å²) in [6.07, 6.45) is -2.50. The van der Waals surface area contributed by atoms with E-state index in [-0.39, 0.29) is 12.2 Å². The number of nitrogens with one attached hydrogen (secondary N) is 1. The molecule has 4 nitrogen and oxygen atoms in total. The molecule has 1 aromatic carbocycles. The van der Waals surface area contributed by atoms with Crippen LogP contribution in [0.15, 0.2) is 30.5 Å². The molecule has 0 bridgehead atoms. The minimum absolute atomic E-state index is 0.225. The molecule has 0 atom stereocenters. The van der Waals surface area contributed by atoms with E-state index in [2.05, 4.69) is 10.2 Å². The Kier molecular flexibility index (Phi) is 4.30. The fourth-order valence-electron chi connectivity index (χ4n) is 1.82. The highest BCUT2D eigenvalue weighted by Gasteiger charge is 2.30. The maximum absolute atomic E-state index is 12.6. The van der Waals surface area contributed by atoms with Crippen molar-refractivity contribution in [3.63, 3.8) is 0 Å². The van der Waals surface area contributed by atoms with Crippen molar-refractivity contribution in [2.45, 2.75) is 26.1 Å². The number of halogens is 3. The SMILES string of the molecule is CCc1[nH]ncc1C(=O)OCc1cccc(C(F)(F)F)c1. The van der Waals surface area contributed by atoms with E-state index in [4.69, 9.17) is 4.74 Å². The average Bonchev–Trinajstić information content (AvgIpc) is 2.92. The topological polar surface area (TPSA) is 55.0 Å². The van der Waals surface area contributed by atoms with E-state index in [0.29, 0.717) is 17.7 Å². The molecule has 0 saturated heterocycles. The first-order chi connectivity index (χ1) is 9.91. The Hall–Kier alpha value is -2.31. The number of alkyl halides is 3. The monoisotopic (exact) mass is 298 g/mol. The van der Waals surface area contributed by atoms with Crippen molar-refractivity contribution in [3.8, 4) is 0 Å². The van der Waals surface area contributed by atoms with Gasteiger partial charge in [-0.05, 0) is 24.1 Å². The second-order valence-corrected chi connectivity index (χ2v) is 4.39. The van der Waals surface area contributed by atoms with Crippen LogP contribution >= 0.6 is 0 Å². The number of rotatable bonds is 4. The van der Waals surface area contributed by atoms with Gasteiger partial charge in [0.15, 0.2) is 0 Å². The fraction of sp³-hybridized carbons (Fsp3) is 0.286. The van der Waals surface area contributed by atoms with Crippen LogP contribution in [0.3, 0.4) is 0 Å². The van der Waals surface area contributed by atoms with Crippen LogP contribution in [0, 0.1) is 0 Å². The summed E-state index contributed by atoms with van der Waals surface area (Å²) in [5, 5.41) is 6.40. The summed E-state index contributed by atoms with van der Waals surface area (Å²) in [4.78, 5) is 11.8. The van der Waals surface area contributed by atoms with Crippen molar-refractivity contribution in [2.24, 2.45) is 0 Å². The van der Waals surface area contributed by atoms with Gasteiger partial charge in [0.25, 0.3) is 0 Å². The normalized spacial score (nSPS) is 11.4. The Morgan fingerprint density at radius 2 is 2.14 bits per heavy atom. The second-order valence-electron chi connectivity index (χ2n) is 4.39. The molecule has 1 N–H and O–H groups in total. The highest BCUT2D eigenvalue weighted by atomic mass is 19.4. The number of carbonyl (C=O) groups excluding carboxylic acids is 1. The first-order valence-corrected chi connectivity index (χ1v) is 6.27. The summed E-state index contributed by atoms with van der Waals surface area (Å²) in [6, 6.07) is 4.68. The molecule has 1 aromatic heterocycles. The lowest BCUT2D eigenvalue weighted by molar-refractivity contribution is -0.137. The van der Waals surface area contributed by atoms with E-state index >= 15 is 0 Å². The van der Waals surface area contributed by atoms with Gasteiger partial charge in [0.1, 0.15) is 12.2 Å². The Labute approximate surface area is 118 Å². The number of ether oxygens (including phenoxy) is 1. The molecule has 0 radical (unpaired) electrons. The van der Waals surface area contributed by atoms with Gasteiger partial charge in [0.2, 0.25) is 0 Å². The van der Waals surface area contributed by atoms with Crippen LogP contribution in [-0.4, -0.2) is 16.2 Å². The summed E-state index contributed by atoms with van der Waals surface area (Å²) in [5.74, 6) is -0.613. The second kappa shape index (κ2) is 5.99. The summed E-state index contributed by atoms with van der Waals surface area (Å²) < 4.78 is 42.7. The Morgan fingerprint density at radius 3 is 2.81 bits per heavy atom. The highest BCUT2D eigenvalue weighted by Crippen LogP contribution is 2.29. The van der Waals surface area contributed by atoms with Crippen LogP contribution in [0.5, 0.6) is 0 Å². The smallest absolute Gasteiger partial charge is 0.416 e. The molecule has 0 aliphatic heterocycles. The number of hydrogen-bond donors (Lipinski definition) is 1. The Balaban J connectivity index is 2.05. The van der Waals surface area contributed by atoms with Gasteiger partial charge in [-0.25, -0.2) is 4.79 Å². The van der Waals surface area contributed by atoms with E-state index in [9.17, 15) is 18.0 Å². The summed E-state index contributed by atoms with van der Waals surface area (Å²) in [7, 11) is 0. The lowest BCUT2D eigenvalue weighted by Gasteiger charge is -2.09. The summed E-state index contributed by atoms with van der Waals surface area (Å²) in [6.45, 7) is 1.62. The number of aromatic nitrogens is 2. The number of H-pyrrole nitrogens is 1. The van der Waals surface area contributed by atoms with E-state index < -0.39 is 17.7 Å². The third-order valence-corrected chi connectivity index (χ3v) is 2.92. The molecule has 7 heteroatoms. The van der Waals surface area contributed by atoms with E-state index in [0.717, 1.165) is 12.1 Å². The predicted octanol–water partition coefficient (Wildman–Crippen LogP) is 3.35. The summed E-state index contributed by atoms with van der Waals surface area (Å²) >= 11 is 0. The van der Waals surface area contributed by atoms with Crippen molar-refractivity contribution in [1.29, 1.82) is 0 Å². The van der Waals surface area contributed by atoms with E-state index in [1.54, 1.807) is 0 Å². The molecule has 0 amide bonds. The van der Waals surface area contributed by atoms with Gasteiger partial charge in [-0.2, -0.15) is 18.3 Å². The maximum atomic E-state index is 12.6. The van der Waals surface area contributed by atoms with Gasteiger partial charge < -0.3 is 4.74 Å².